The van der Waals surface area contributed by atoms with Crippen LogP contribution in [0.4, 0.5) is 0 Å². The van der Waals surface area contributed by atoms with Crippen LogP contribution in [0.1, 0.15) is 23.4 Å². The van der Waals surface area contributed by atoms with Crippen LogP contribution in [0.5, 0.6) is 0 Å². The van der Waals surface area contributed by atoms with E-state index < -0.39 is 0 Å². The molecule has 1 aliphatic heterocycles. The maximum Gasteiger partial charge on any atom is 0.0641 e. The molecule has 1 aromatic heterocycles. The normalized spacial score (nSPS) is 22.1. The number of hydrogen-bond acceptors (Lipinski definition) is 4. The minimum atomic E-state index is 0.272. The van der Waals surface area contributed by atoms with Gasteiger partial charge in [0.15, 0.2) is 0 Å². The Kier molecular flexibility index (Phi) is 4.60. The summed E-state index contributed by atoms with van der Waals surface area (Å²) < 4.78 is 1.96. The first-order valence-electron chi connectivity index (χ1n) is 7.05. The molecule has 0 bridgehead atoms. The Hall–Kier alpha value is -0.910. The molecule has 5 nitrogen and oxygen atoms in total. The zero-order chi connectivity index (χ0) is 14.0. The van der Waals surface area contributed by atoms with E-state index in [0.717, 1.165) is 38.3 Å². The second-order valence-corrected chi connectivity index (χ2v) is 5.65. The molecule has 1 atom stereocenters. The molecular weight excluding hydrogens is 240 g/mol. The minimum Gasteiger partial charge on any atom is -0.396 e. The van der Waals surface area contributed by atoms with E-state index in [-0.39, 0.29) is 6.61 Å². The third-order valence-corrected chi connectivity index (χ3v) is 4.36. The third-order valence-electron chi connectivity index (χ3n) is 4.36. The van der Waals surface area contributed by atoms with Crippen LogP contribution < -0.4 is 0 Å². The minimum absolute atomic E-state index is 0.272. The monoisotopic (exact) mass is 266 g/mol. The lowest BCUT2D eigenvalue weighted by molar-refractivity contribution is 0.0741. The summed E-state index contributed by atoms with van der Waals surface area (Å²) in [4.78, 5) is 4.84. The van der Waals surface area contributed by atoms with Crippen LogP contribution in [-0.4, -0.2) is 64.0 Å². The molecule has 1 aliphatic rings. The van der Waals surface area contributed by atoms with Gasteiger partial charge < -0.3 is 10.0 Å². The standard InChI is InChI=1S/C14H26N4O/c1-11-14(12(2)17(4)15-11)10-18-7-6-16(3)13(9-18)5-8-19/h13,19H,5-10H2,1-4H3. The smallest absolute Gasteiger partial charge is 0.0641 e. The van der Waals surface area contributed by atoms with Crippen LogP contribution in [0.2, 0.25) is 0 Å². The van der Waals surface area contributed by atoms with Gasteiger partial charge in [0.05, 0.1) is 5.69 Å². The first kappa shape index (κ1) is 14.5. The average molecular weight is 266 g/mol. The Morgan fingerprint density at radius 3 is 2.58 bits per heavy atom. The number of rotatable bonds is 4. The molecule has 2 rings (SSSR count). The Labute approximate surface area is 115 Å². The van der Waals surface area contributed by atoms with E-state index in [9.17, 15) is 0 Å². The number of nitrogens with zero attached hydrogens (tertiary/aromatic N) is 4. The molecule has 2 heterocycles. The van der Waals surface area contributed by atoms with Crippen molar-refractivity contribution in [1.82, 2.24) is 19.6 Å². The number of aryl methyl sites for hydroxylation is 2. The van der Waals surface area contributed by atoms with E-state index in [0.29, 0.717) is 6.04 Å². The van der Waals surface area contributed by atoms with Crippen LogP contribution in [0.15, 0.2) is 0 Å². The third kappa shape index (κ3) is 3.16. The number of aliphatic hydroxyl groups is 1. The summed E-state index contributed by atoms with van der Waals surface area (Å²) in [5.74, 6) is 0. The van der Waals surface area contributed by atoms with Gasteiger partial charge in [-0.1, -0.05) is 0 Å². The molecule has 0 saturated carbocycles. The van der Waals surface area contributed by atoms with Crippen molar-refractivity contribution in [3.05, 3.63) is 17.0 Å². The highest BCUT2D eigenvalue weighted by Crippen LogP contribution is 2.18. The number of aliphatic hydroxyl groups excluding tert-OH is 1. The van der Waals surface area contributed by atoms with E-state index in [1.54, 1.807) is 0 Å². The van der Waals surface area contributed by atoms with Crippen molar-refractivity contribution in [2.45, 2.75) is 32.9 Å². The van der Waals surface area contributed by atoms with E-state index in [4.69, 9.17) is 5.11 Å². The van der Waals surface area contributed by atoms with Gasteiger partial charge in [0.2, 0.25) is 0 Å². The Balaban J connectivity index is 2.03. The molecule has 0 aliphatic carbocycles. The Bertz CT molecular complexity index is 429. The average Bonchev–Trinajstić information content (AvgIpc) is 2.60. The maximum atomic E-state index is 9.15. The fraction of sp³-hybridized carbons (Fsp3) is 0.786. The molecule has 1 N–H and O–H groups in total. The van der Waals surface area contributed by atoms with Crippen molar-refractivity contribution in [3.63, 3.8) is 0 Å². The van der Waals surface area contributed by atoms with E-state index in [2.05, 4.69) is 35.8 Å². The summed E-state index contributed by atoms with van der Waals surface area (Å²) >= 11 is 0. The van der Waals surface area contributed by atoms with E-state index >= 15 is 0 Å². The summed E-state index contributed by atoms with van der Waals surface area (Å²) in [6.07, 6.45) is 0.859. The fourth-order valence-corrected chi connectivity index (χ4v) is 2.88. The van der Waals surface area contributed by atoms with Gasteiger partial charge in [-0.3, -0.25) is 9.58 Å². The topological polar surface area (TPSA) is 44.5 Å². The predicted octanol–water partition coefficient (Wildman–Crippen LogP) is 0.535. The van der Waals surface area contributed by atoms with Gasteiger partial charge in [0.25, 0.3) is 0 Å². The SMILES string of the molecule is Cc1nn(C)c(C)c1CN1CCN(C)C(CCO)C1. The molecule has 19 heavy (non-hydrogen) atoms. The van der Waals surface area contributed by atoms with Gasteiger partial charge >= 0.3 is 0 Å². The summed E-state index contributed by atoms with van der Waals surface area (Å²) in [6.45, 7) is 8.66. The van der Waals surface area contributed by atoms with Crippen molar-refractivity contribution in [3.8, 4) is 0 Å². The molecule has 5 heteroatoms. The molecular formula is C14H26N4O. The van der Waals surface area contributed by atoms with Crippen molar-refractivity contribution in [1.29, 1.82) is 0 Å². The van der Waals surface area contributed by atoms with Crippen molar-refractivity contribution >= 4 is 0 Å². The predicted molar refractivity (Wildman–Crippen MR) is 76.1 cm³/mol. The lowest BCUT2D eigenvalue weighted by atomic mass is 10.1. The second kappa shape index (κ2) is 6.03. The van der Waals surface area contributed by atoms with Gasteiger partial charge in [-0.05, 0) is 27.3 Å². The quantitative estimate of drug-likeness (QED) is 0.864. The van der Waals surface area contributed by atoms with Crippen molar-refractivity contribution in [2.75, 3.05) is 33.3 Å². The highest BCUT2D eigenvalue weighted by atomic mass is 16.3. The van der Waals surface area contributed by atoms with Crippen LogP contribution in [0.25, 0.3) is 0 Å². The second-order valence-electron chi connectivity index (χ2n) is 5.65. The molecule has 0 aromatic carbocycles. The molecule has 0 amide bonds. The first-order valence-corrected chi connectivity index (χ1v) is 7.05. The number of likely N-dealkylation sites (N-methyl/N-ethyl adjacent to an activating group) is 1. The Morgan fingerprint density at radius 2 is 2.00 bits per heavy atom. The molecule has 0 radical (unpaired) electrons. The lowest BCUT2D eigenvalue weighted by Gasteiger charge is -2.39. The van der Waals surface area contributed by atoms with Gasteiger partial charge in [-0.25, -0.2) is 0 Å². The van der Waals surface area contributed by atoms with Crippen LogP contribution in [0.3, 0.4) is 0 Å². The zero-order valence-corrected chi connectivity index (χ0v) is 12.6. The fourth-order valence-electron chi connectivity index (χ4n) is 2.88. The van der Waals surface area contributed by atoms with Gasteiger partial charge in [0, 0.05) is 57.1 Å². The van der Waals surface area contributed by atoms with Crippen LogP contribution in [-0.2, 0) is 13.6 Å². The highest BCUT2D eigenvalue weighted by Gasteiger charge is 2.25. The maximum absolute atomic E-state index is 9.15. The van der Waals surface area contributed by atoms with Crippen molar-refractivity contribution in [2.24, 2.45) is 7.05 Å². The summed E-state index contributed by atoms with van der Waals surface area (Å²) in [7, 11) is 4.16. The first-order chi connectivity index (χ1) is 9.02. The molecule has 1 aromatic rings. The molecule has 0 spiro atoms. The van der Waals surface area contributed by atoms with Gasteiger partial charge in [-0.15, -0.1) is 0 Å². The molecule has 1 saturated heterocycles. The number of hydrogen-bond donors (Lipinski definition) is 1. The van der Waals surface area contributed by atoms with Crippen molar-refractivity contribution < 1.29 is 5.11 Å². The molecule has 1 fully saturated rings. The van der Waals surface area contributed by atoms with Crippen LogP contribution in [0, 0.1) is 13.8 Å². The number of aromatic nitrogens is 2. The highest BCUT2D eigenvalue weighted by molar-refractivity contribution is 5.24. The Morgan fingerprint density at radius 1 is 1.26 bits per heavy atom. The van der Waals surface area contributed by atoms with Gasteiger partial charge in [0.1, 0.15) is 0 Å². The summed E-state index contributed by atoms with van der Waals surface area (Å²) in [5, 5.41) is 13.6. The summed E-state index contributed by atoms with van der Waals surface area (Å²) in [5.41, 5.74) is 3.75. The molecule has 1 unspecified atom stereocenters. The molecule has 108 valence electrons. The van der Waals surface area contributed by atoms with Crippen LogP contribution >= 0.6 is 0 Å². The lowest BCUT2D eigenvalue weighted by Crippen LogP contribution is -2.51. The zero-order valence-electron chi connectivity index (χ0n) is 12.6. The number of piperazine rings is 1. The summed E-state index contributed by atoms with van der Waals surface area (Å²) in [6, 6.07) is 0.469. The largest absolute Gasteiger partial charge is 0.396 e. The van der Waals surface area contributed by atoms with E-state index in [1.165, 1.54) is 11.3 Å². The van der Waals surface area contributed by atoms with Gasteiger partial charge in [-0.2, -0.15) is 5.10 Å². The van der Waals surface area contributed by atoms with E-state index in [1.807, 2.05) is 11.7 Å².